The summed E-state index contributed by atoms with van der Waals surface area (Å²) < 4.78 is 42.4. The molecule has 128 valence electrons. The monoisotopic (exact) mass is 334 g/mol. The number of hydrogen-bond acceptors (Lipinski definition) is 4. The lowest BCUT2D eigenvalue weighted by molar-refractivity contribution is -0.253. The molecule has 1 aromatic rings. The summed E-state index contributed by atoms with van der Waals surface area (Å²) in [6.45, 7) is 1.81. The summed E-state index contributed by atoms with van der Waals surface area (Å²) in [4.78, 5) is 22.8. The second-order valence-electron chi connectivity index (χ2n) is 5.10. The van der Waals surface area contributed by atoms with Gasteiger partial charge in [0.15, 0.2) is 12.2 Å². The Hall–Kier alpha value is -2.29. The van der Waals surface area contributed by atoms with Crippen LogP contribution in [0, 0.1) is 6.92 Å². The van der Waals surface area contributed by atoms with Crippen LogP contribution in [0.15, 0.2) is 24.3 Å². The fraction of sp³-hybridized carbons (Fsp3) is 0.429. The molecular formula is C14H17F3N2O4. The van der Waals surface area contributed by atoms with Crippen LogP contribution < -0.4 is 15.6 Å². The van der Waals surface area contributed by atoms with Gasteiger partial charge in [0.2, 0.25) is 5.91 Å². The zero-order valence-electron chi connectivity index (χ0n) is 12.5. The Kier molecular flexibility index (Phi) is 5.97. The highest BCUT2D eigenvalue weighted by Gasteiger charge is 2.51. The third kappa shape index (κ3) is 5.78. The minimum absolute atomic E-state index is 0.430. The molecule has 2 amide bonds. The van der Waals surface area contributed by atoms with E-state index in [-0.39, 0.29) is 0 Å². The first-order chi connectivity index (χ1) is 10.5. The van der Waals surface area contributed by atoms with Crippen LogP contribution in [0.2, 0.25) is 0 Å². The molecule has 0 aliphatic heterocycles. The van der Waals surface area contributed by atoms with Crippen molar-refractivity contribution < 1.29 is 32.6 Å². The molecule has 0 aliphatic carbocycles. The van der Waals surface area contributed by atoms with Crippen molar-refractivity contribution in [1.29, 1.82) is 0 Å². The maximum atomic E-state index is 12.4. The quantitative estimate of drug-likeness (QED) is 0.707. The fourth-order valence-electron chi connectivity index (χ4n) is 1.49. The predicted molar refractivity (Wildman–Crippen MR) is 74.3 cm³/mol. The number of aryl methyl sites for hydroxylation is 1. The first-order valence-electron chi connectivity index (χ1n) is 6.58. The lowest BCUT2D eigenvalue weighted by Crippen LogP contribution is -2.50. The third-order valence-corrected chi connectivity index (χ3v) is 2.91. The summed E-state index contributed by atoms with van der Waals surface area (Å²) in [6, 6.07) is 6.91. The highest BCUT2D eigenvalue weighted by molar-refractivity contribution is 5.83. The van der Waals surface area contributed by atoms with Crippen LogP contribution in [-0.2, 0) is 9.59 Å². The van der Waals surface area contributed by atoms with Crippen LogP contribution in [0.3, 0.4) is 0 Å². The molecule has 0 saturated heterocycles. The molecule has 0 heterocycles. The molecule has 1 aromatic carbocycles. The Bertz CT molecular complexity index is 573. The highest BCUT2D eigenvalue weighted by Crippen LogP contribution is 2.32. The van der Waals surface area contributed by atoms with Gasteiger partial charge >= 0.3 is 6.18 Å². The van der Waals surface area contributed by atoms with Gasteiger partial charge in [0.1, 0.15) is 5.75 Å². The van der Waals surface area contributed by atoms with Crippen LogP contribution in [-0.4, -0.2) is 35.3 Å². The second-order valence-corrected chi connectivity index (χ2v) is 5.10. The number of hydrogen-bond donors (Lipinski definition) is 3. The number of aliphatic hydroxyl groups is 1. The number of carbonyl (C=O) groups is 2. The van der Waals surface area contributed by atoms with Crippen molar-refractivity contribution in [2.24, 2.45) is 0 Å². The molecule has 0 aliphatic rings. The van der Waals surface area contributed by atoms with Crippen molar-refractivity contribution in [3.8, 4) is 5.75 Å². The fourth-order valence-corrected chi connectivity index (χ4v) is 1.49. The van der Waals surface area contributed by atoms with Crippen LogP contribution in [0.5, 0.6) is 5.75 Å². The second kappa shape index (κ2) is 7.32. The van der Waals surface area contributed by atoms with E-state index in [1.807, 2.05) is 5.43 Å². The number of benzene rings is 1. The Balaban J connectivity index is 2.39. The number of rotatable bonds is 5. The zero-order valence-corrected chi connectivity index (χ0v) is 12.5. The summed E-state index contributed by atoms with van der Waals surface area (Å²) >= 11 is 0. The number of amides is 2. The molecule has 0 unspecified atom stereocenters. The minimum atomic E-state index is -4.96. The molecule has 1 atom stereocenters. The SMILES string of the molecule is Cc1ccccc1OCC(=O)NNC(=O)C[C@@](C)(O)C(F)(F)F. The first-order valence-corrected chi connectivity index (χ1v) is 6.58. The van der Waals surface area contributed by atoms with Gasteiger partial charge in [-0.25, -0.2) is 0 Å². The van der Waals surface area contributed by atoms with Gasteiger partial charge < -0.3 is 9.84 Å². The number of ether oxygens (including phenoxy) is 1. The van der Waals surface area contributed by atoms with Gasteiger partial charge in [-0.1, -0.05) is 18.2 Å². The van der Waals surface area contributed by atoms with Crippen molar-refractivity contribution in [1.82, 2.24) is 10.9 Å². The van der Waals surface area contributed by atoms with Gasteiger partial charge in [-0.3, -0.25) is 20.4 Å². The molecule has 0 saturated carbocycles. The molecule has 9 heteroatoms. The summed E-state index contributed by atoms with van der Waals surface area (Å²) in [5.41, 5.74) is 1.30. The molecule has 3 N–H and O–H groups in total. The molecule has 23 heavy (non-hydrogen) atoms. The van der Waals surface area contributed by atoms with Crippen LogP contribution in [0.25, 0.3) is 0 Å². The van der Waals surface area contributed by atoms with Gasteiger partial charge in [-0.2, -0.15) is 13.2 Å². The van der Waals surface area contributed by atoms with E-state index in [0.717, 1.165) is 5.56 Å². The summed E-state index contributed by atoms with van der Waals surface area (Å²) in [5.74, 6) is -1.47. The molecular weight excluding hydrogens is 317 g/mol. The Labute approximate surface area is 130 Å². The van der Waals surface area contributed by atoms with Crippen LogP contribution >= 0.6 is 0 Å². The predicted octanol–water partition coefficient (Wildman–Crippen LogP) is 1.22. The Morgan fingerprint density at radius 3 is 2.30 bits per heavy atom. The number of alkyl halides is 3. The van der Waals surface area contributed by atoms with Crippen molar-refractivity contribution in [3.63, 3.8) is 0 Å². The van der Waals surface area contributed by atoms with Gasteiger partial charge in [0, 0.05) is 0 Å². The van der Waals surface area contributed by atoms with E-state index >= 15 is 0 Å². The lowest BCUT2D eigenvalue weighted by atomic mass is 10.0. The van der Waals surface area contributed by atoms with E-state index in [2.05, 4.69) is 0 Å². The van der Waals surface area contributed by atoms with E-state index in [9.17, 15) is 22.8 Å². The number of hydrazine groups is 1. The lowest BCUT2D eigenvalue weighted by Gasteiger charge is -2.25. The summed E-state index contributed by atoms with van der Waals surface area (Å²) in [6.07, 6.45) is -6.20. The number of nitrogens with one attached hydrogen (secondary N) is 2. The molecule has 0 spiro atoms. The van der Waals surface area contributed by atoms with E-state index in [1.165, 1.54) is 0 Å². The topological polar surface area (TPSA) is 87.7 Å². The summed E-state index contributed by atoms with van der Waals surface area (Å²) in [5, 5.41) is 9.15. The molecule has 0 radical (unpaired) electrons. The van der Waals surface area contributed by atoms with Gasteiger partial charge in [0.05, 0.1) is 6.42 Å². The van der Waals surface area contributed by atoms with Gasteiger partial charge in [-0.15, -0.1) is 0 Å². The maximum Gasteiger partial charge on any atom is 0.417 e. The Morgan fingerprint density at radius 1 is 1.17 bits per heavy atom. The standard InChI is InChI=1S/C14H17F3N2O4/c1-9-5-3-4-6-10(9)23-8-12(21)19-18-11(20)7-13(2,22)14(15,16)17/h3-6,22H,7-8H2,1-2H3,(H,18,20)(H,19,21)/t13-/m1/s1. The largest absolute Gasteiger partial charge is 0.483 e. The van der Waals surface area contributed by atoms with Gasteiger partial charge in [-0.05, 0) is 25.5 Å². The first kappa shape index (κ1) is 18.8. The van der Waals surface area contributed by atoms with E-state index in [0.29, 0.717) is 12.7 Å². The summed E-state index contributed by atoms with van der Waals surface area (Å²) in [7, 11) is 0. The molecule has 6 nitrogen and oxygen atoms in total. The minimum Gasteiger partial charge on any atom is -0.483 e. The van der Waals surface area contributed by atoms with Crippen LogP contribution in [0.1, 0.15) is 18.9 Å². The molecule has 1 rings (SSSR count). The maximum absolute atomic E-state index is 12.4. The van der Waals surface area contributed by atoms with Gasteiger partial charge in [0.25, 0.3) is 5.91 Å². The molecule has 0 fully saturated rings. The highest BCUT2D eigenvalue weighted by atomic mass is 19.4. The van der Waals surface area contributed by atoms with Crippen molar-refractivity contribution in [2.75, 3.05) is 6.61 Å². The average molecular weight is 334 g/mol. The van der Waals surface area contributed by atoms with E-state index in [1.54, 1.807) is 36.6 Å². The van der Waals surface area contributed by atoms with Crippen molar-refractivity contribution in [2.45, 2.75) is 32.0 Å². The smallest absolute Gasteiger partial charge is 0.417 e. The van der Waals surface area contributed by atoms with E-state index < -0.39 is 36.6 Å². The number of para-hydroxylation sites is 1. The zero-order chi connectivity index (χ0) is 17.7. The number of halogens is 3. The Morgan fingerprint density at radius 2 is 1.74 bits per heavy atom. The molecule has 0 aromatic heterocycles. The third-order valence-electron chi connectivity index (χ3n) is 2.91. The number of carbonyl (C=O) groups excluding carboxylic acids is 2. The van der Waals surface area contributed by atoms with E-state index in [4.69, 9.17) is 9.84 Å². The normalized spacial score (nSPS) is 13.8. The van der Waals surface area contributed by atoms with Crippen molar-refractivity contribution in [3.05, 3.63) is 29.8 Å². The average Bonchev–Trinajstić information content (AvgIpc) is 2.42. The van der Waals surface area contributed by atoms with Crippen LogP contribution in [0.4, 0.5) is 13.2 Å². The molecule has 0 bridgehead atoms. The van der Waals surface area contributed by atoms with Crippen molar-refractivity contribution >= 4 is 11.8 Å².